The third kappa shape index (κ3) is 7.21. The highest BCUT2D eigenvalue weighted by atomic mass is 16.5. The minimum absolute atomic E-state index is 0.00448. The normalized spacial score (nSPS) is 15.4. The number of hydrogen-bond acceptors (Lipinski definition) is 4. The molecule has 1 heterocycles. The lowest BCUT2D eigenvalue weighted by atomic mass is 9.85. The summed E-state index contributed by atoms with van der Waals surface area (Å²) in [5, 5.41) is 6.45. The Balaban J connectivity index is 1.69. The minimum Gasteiger partial charge on any atom is -0.497 e. The van der Waals surface area contributed by atoms with Crippen molar-refractivity contribution in [1.29, 1.82) is 0 Å². The van der Waals surface area contributed by atoms with Gasteiger partial charge in [0.2, 0.25) is 5.91 Å². The fraction of sp³-hybridized carbons (Fsp3) is 0.448. The number of carbonyl (C=O) groups excluding carboxylic acids is 2. The first kappa shape index (κ1) is 25.5. The fourth-order valence-electron chi connectivity index (χ4n) is 4.41. The molecule has 0 aliphatic carbocycles. The Morgan fingerprint density at radius 1 is 1.06 bits per heavy atom. The van der Waals surface area contributed by atoms with Crippen LogP contribution in [0.4, 0.5) is 5.69 Å². The second kappa shape index (κ2) is 11.9. The lowest BCUT2D eigenvalue weighted by Gasteiger charge is -2.35. The predicted octanol–water partition coefficient (Wildman–Crippen LogP) is 6.53. The number of hydrogen-bond donors (Lipinski definition) is 2. The van der Waals surface area contributed by atoms with Gasteiger partial charge in [0.15, 0.2) is 5.78 Å². The smallest absolute Gasteiger partial charge is 0.224 e. The van der Waals surface area contributed by atoms with Crippen LogP contribution in [0.5, 0.6) is 5.75 Å². The molecule has 2 aromatic carbocycles. The third-order valence-electron chi connectivity index (χ3n) is 6.18. The van der Waals surface area contributed by atoms with Crippen LogP contribution < -0.4 is 15.4 Å². The van der Waals surface area contributed by atoms with Crippen molar-refractivity contribution in [1.82, 2.24) is 5.32 Å². The summed E-state index contributed by atoms with van der Waals surface area (Å²) >= 11 is 0. The van der Waals surface area contributed by atoms with Crippen LogP contribution in [0.25, 0.3) is 5.70 Å². The summed E-state index contributed by atoms with van der Waals surface area (Å²) in [6.07, 6.45) is 9.89. The molecular weight excluding hydrogens is 424 g/mol. The van der Waals surface area contributed by atoms with Crippen molar-refractivity contribution < 1.29 is 14.3 Å². The number of ether oxygens (including phenoxy) is 1. The van der Waals surface area contributed by atoms with Crippen LogP contribution in [-0.4, -0.2) is 24.3 Å². The molecule has 182 valence electrons. The van der Waals surface area contributed by atoms with Gasteiger partial charge in [0.05, 0.1) is 7.11 Å². The maximum atomic E-state index is 13.2. The second-order valence-corrected chi connectivity index (χ2v) is 9.78. The van der Waals surface area contributed by atoms with Crippen molar-refractivity contribution in [2.75, 3.05) is 12.4 Å². The Morgan fingerprint density at radius 2 is 1.82 bits per heavy atom. The van der Waals surface area contributed by atoms with Crippen molar-refractivity contribution in [3.8, 4) is 5.75 Å². The molecule has 0 radical (unpaired) electrons. The number of allylic oxidation sites excluding steroid dienone is 1. The quantitative estimate of drug-likeness (QED) is 0.226. The first-order chi connectivity index (χ1) is 16.3. The van der Waals surface area contributed by atoms with Gasteiger partial charge >= 0.3 is 0 Å². The molecule has 0 saturated heterocycles. The van der Waals surface area contributed by atoms with Crippen LogP contribution in [0.2, 0.25) is 0 Å². The largest absolute Gasteiger partial charge is 0.497 e. The summed E-state index contributed by atoms with van der Waals surface area (Å²) in [7, 11) is 1.64. The van der Waals surface area contributed by atoms with Crippen LogP contribution in [0.3, 0.4) is 0 Å². The number of carbonyl (C=O) groups is 2. The number of unbranched alkanes of at least 4 members (excludes halogenated alkanes) is 5. The van der Waals surface area contributed by atoms with Crippen LogP contribution in [-0.2, 0) is 11.2 Å². The molecule has 0 aromatic heterocycles. The van der Waals surface area contributed by atoms with Crippen LogP contribution in [0.1, 0.15) is 87.2 Å². The second-order valence-electron chi connectivity index (χ2n) is 9.78. The van der Waals surface area contributed by atoms with Gasteiger partial charge in [-0.3, -0.25) is 9.59 Å². The molecule has 5 nitrogen and oxygen atoms in total. The minimum atomic E-state index is -0.167. The van der Waals surface area contributed by atoms with E-state index in [2.05, 4.69) is 37.5 Å². The molecule has 2 N–H and O–H groups in total. The van der Waals surface area contributed by atoms with E-state index in [1.54, 1.807) is 31.4 Å². The molecule has 0 unspecified atom stereocenters. The van der Waals surface area contributed by atoms with E-state index in [1.807, 2.05) is 18.2 Å². The molecule has 3 rings (SSSR count). The SMILES string of the molecule is CCCCCCCCC(=O)Nc1cccc(C(=O)/C=C2\NC(C)(C)Cc3ccc(OC)cc32)c1. The maximum Gasteiger partial charge on any atom is 0.224 e. The standard InChI is InChI=1S/C29H38N2O3/c1-5-6-7-8-9-10-14-28(33)30-23-13-11-12-21(17-23)27(32)19-26-25-18-24(34-4)16-15-22(25)20-29(2,3)31-26/h11-13,15-19,31H,5-10,14,20H2,1-4H3,(H,30,33)/b26-19-. The van der Waals surface area contributed by atoms with Crippen molar-refractivity contribution >= 4 is 23.1 Å². The Hall–Kier alpha value is -3.08. The van der Waals surface area contributed by atoms with Gasteiger partial charge in [0.25, 0.3) is 0 Å². The van der Waals surface area contributed by atoms with Crippen LogP contribution >= 0.6 is 0 Å². The van der Waals surface area contributed by atoms with Gasteiger partial charge in [-0.2, -0.15) is 0 Å². The zero-order chi connectivity index (χ0) is 24.6. The molecule has 2 aromatic rings. The molecule has 1 amide bonds. The number of rotatable bonds is 11. The van der Waals surface area contributed by atoms with Gasteiger partial charge in [0, 0.05) is 40.5 Å². The van der Waals surface area contributed by atoms with Crippen molar-refractivity contribution in [3.63, 3.8) is 0 Å². The first-order valence-electron chi connectivity index (χ1n) is 12.4. The Labute approximate surface area is 204 Å². The number of fused-ring (bicyclic) bond motifs is 1. The van der Waals surface area contributed by atoms with Gasteiger partial charge in [-0.25, -0.2) is 0 Å². The van der Waals surface area contributed by atoms with E-state index < -0.39 is 0 Å². The lowest BCUT2D eigenvalue weighted by molar-refractivity contribution is -0.116. The number of amides is 1. The molecule has 0 bridgehead atoms. The first-order valence-corrected chi connectivity index (χ1v) is 12.4. The van der Waals surface area contributed by atoms with E-state index in [0.29, 0.717) is 17.7 Å². The van der Waals surface area contributed by atoms with Gasteiger partial charge in [-0.15, -0.1) is 0 Å². The van der Waals surface area contributed by atoms with Crippen molar-refractivity contribution in [3.05, 3.63) is 65.2 Å². The molecule has 0 saturated carbocycles. The van der Waals surface area contributed by atoms with Gasteiger partial charge in [-0.05, 0) is 56.5 Å². The molecule has 0 atom stereocenters. The Morgan fingerprint density at radius 3 is 2.59 bits per heavy atom. The molecule has 1 aliphatic heterocycles. The number of methoxy groups -OCH3 is 1. The van der Waals surface area contributed by atoms with Crippen LogP contribution in [0, 0.1) is 0 Å². The van der Waals surface area contributed by atoms with Crippen LogP contribution in [0.15, 0.2) is 48.5 Å². The topological polar surface area (TPSA) is 67.4 Å². The molecule has 34 heavy (non-hydrogen) atoms. The average molecular weight is 463 g/mol. The highest BCUT2D eigenvalue weighted by Gasteiger charge is 2.28. The monoisotopic (exact) mass is 462 g/mol. The zero-order valence-electron chi connectivity index (χ0n) is 21.0. The number of benzene rings is 2. The summed E-state index contributed by atoms with van der Waals surface area (Å²) in [5.74, 6) is 0.643. The highest BCUT2D eigenvalue weighted by Crippen LogP contribution is 2.32. The molecule has 0 spiro atoms. The van der Waals surface area contributed by atoms with E-state index in [1.165, 1.54) is 31.2 Å². The van der Waals surface area contributed by atoms with E-state index in [9.17, 15) is 9.59 Å². The van der Waals surface area contributed by atoms with Gasteiger partial charge in [-0.1, -0.05) is 57.2 Å². The average Bonchev–Trinajstić information content (AvgIpc) is 2.80. The van der Waals surface area contributed by atoms with Crippen molar-refractivity contribution in [2.45, 2.75) is 77.7 Å². The lowest BCUT2D eigenvalue weighted by Crippen LogP contribution is -2.43. The highest BCUT2D eigenvalue weighted by molar-refractivity contribution is 6.09. The van der Waals surface area contributed by atoms with Crippen molar-refractivity contribution in [2.24, 2.45) is 0 Å². The molecule has 5 heteroatoms. The van der Waals surface area contributed by atoms with Gasteiger partial charge < -0.3 is 15.4 Å². The molecular formula is C29H38N2O3. The number of ketones is 1. The van der Waals surface area contributed by atoms with Gasteiger partial charge in [0.1, 0.15) is 5.75 Å². The predicted molar refractivity (Wildman–Crippen MR) is 139 cm³/mol. The van der Waals surface area contributed by atoms with E-state index >= 15 is 0 Å². The summed E-state index contributed by atoms with van der Waals surface area (Å²) in [6, 6.07) is 13.1. The zero-order valence-corrected chi connectivity index (χ0v) is 21.0. The summed E-state index contributed by atoms with van der Waals surface area (Å²) < 4.78 is 5.40. The third-order valence-corrected chi connectivity index (χ3v) is 6.18. The van der Waals surface area contributed by atoms with E-state index in [0.717, 1.165) is 36.3 Å². The molecule has 1 aliphatic rings. The summed E-state index contributed by atoms with van der Waals surface area (Å²) in [5.41, 5.74) is 3.97. The van der Waals surface area contributed by atoms with E-state index in [-0.39, 0.29) is 17.2 Å². The fourth-order valence-corrected chi connectivity index (χ4v) is 4.41. The summed E-state index contributed by atoms with van der Waals surface area (Å²) in [4.78, 5) is 25.5. The Bertz CT molecular complexity index is 1040. The molecule has 0 fully saturated rings. The number of nitrogens with one attached hydrogen (secondary N) is 2. The van der Waals surface area contributed by atoms with E-state index in [4.69, 9.17) is 4.74 Å². The summed E-state index contributed by atoms with van der Waals surface area (Å²) in [6.45, 7) is 6.45. The maximum absolute atomic E-state index is 13.2. The Kier molecular flexibility index (Phi) is 8.91. The number of anilines is 1.